The van der Waals surface area contributed by atoms with E-state index in [0.717, 1.165) is 4.90 Å². The third-order valence-electron chi connectivity index (χ3n) is 2.72. The monoisotopic (exact) mass is 256 g/mol. The van der Waals surface area contributed by atoms with E-state index in [9.17, 15) is 14.4 Å². The van der Waals surface area contributed by atoms with E-state index in [4.69, 9.17) is 4.74 Å². The zero-order valence-corrected chi connectivity index (χ0v) is 11.3. The highest BCUT2D eigenvalue weighted by Gasteiger charge is 2.46. The van der Waals surface area contributed by atoms with Crippen LogP contribution < -0.4 is 5.32 Å². The summed E-state index contributed by atoms with van der Waals surface area (Å²) in [5, 5.41) is 2.17. The van der Waals surface area contributed by atoms with Crippen molar-refractivity contribution >= 4 is 17.8 Å². The number of rotatable bonds is 5. The largest absolute Gasteiger partial charge is 0.379 e. The minimum Gasteiger partial charge on any atom is -0.379 e. The number of hydrogen-bond donors (Lipinski definition) is 1. The quantitative estimate of drug-likeness (QED) is 0.582. The first-order valence-corrected chi connectivity index (χ1v) is 6.02. The van der Waals surface area contributed by atoms with Crippen molar-refractivity contribution in [2.45, 2.75) is 27.7 Å². The molecule has 0 aromatic heterocycles. The Morgan fingerprint density at radius 2 is 1.89 bits per heavy atom. The van der Waals surface area contributed by atoms with Crippen LogP contribution in [0.25, 0.3) is 0 Å². The lowest BCUT2D eigenvalue weighted by Gasteiger charge is -2.34. The molecular formula is C12H20N2O4. The second kappa shape index (κ2) is 5.48. The molecule has 6 heteroatoms. The Morgan fingerprint density at radius 1 is 1.28 bits per heavy atom. The highest BCUT2D eigenvalue weighted by atomic mass is 16.5. The molecular weight excluding hydrogens is 236 g/mol. The number of nitrogens with zero attached hydrogens (tertiary/aromatic N) is 1. The normalized spacial score (nSPS) is 19.4. The van der Waals surface area contributed by atoms with Crippen molar-refractivity contribution in [3.63, 3.8) is 0 Å². The van der Waals surface area contributed by atoms with Crippen LogP contribution in [0.3, 0.4) is 0 Å². The first kappa shape index (κ1) is 14.6. The molecule has 1 fully saturated rings. The number of hydrogen-bond acceptors (Lipinski definition) is 4. The summed E-state index contributed by atoms with van der Waals surface area (Å²) in [5.41, 5.74) is -1.20. The smallest absolute Gasteiger partial charge is 0.330 e. The van der Waals surface area contributed by atoms with Gasteiger partial charge in [-0.25, -0.2) is 4.79 Å². The summed E-state index contributed by atoms with van der Waals surface area (Å²) in [5.74, 6) is -0.643. The van der Waals surface area contributed by atoms with Gasteiger partial charge in [-0.1, -0.05) is 13.8 Å². The molecule has 1 aliphatic rings. The SMILES string of the molecule is CC(C)COCCN1C(=O)NC(=O)C(C)(C)C1=O. The molecule has 0 atom stereocenters. The Balaban J connectivity index is 2.57. The molecule has 4 amide bonds. The van der Waals surface area contributed by atoms with Gasteiger partial charge in [-0.15, -0.1) is 0 Å². The number of nitrogens with one attached hydrogen (secondary N) is 1. The summed E-state index contributed by atoms with van der Waals surface area (Å²) >= 11 is 0. The summed E-state index contributed by atoms with van der Waals surface area (Å²) in [4.78, 5) is 36.1. The second-order valence-electron chi connectivity index (χ2n) is 5.31. The van der Waals surface area contributed by atoms with E-state index in [2.05, 4.69) is 5.32 Å². The van der Waals surface area contributed by atoms with Crippen molar-refractivity contribution < 1.29 is 19.1 Å². The van der Waals surface area contributed by atoms with Crippen LogP contribution in [-0.2, 0) is 14.3 Å². The van der Waals surface area contributed by atoms with Crippen LogP contribution in [0.15, 0.2) is 0 Å². The van der Waals surface area contributed by atoms with E-state index in [1.54, 1.807) is 0 Å². The Labute approximate surface area is 107 Å². The Hall–Kier alpha value is -1.43. The topological polar surface area (TPSA) is 75.7 Å². The Bertz CT molecular complexity index is 363. The van der Waals surface area contributed by atoms with Gasteiger partial charge in [0.25, 0.3) is 0 Å². The van der Waals surface area contributed by atoms with E-state index in [-0.39, 0.29) is 13.2 Å². The van der Waals surface area contributed by atoms with Crippen LogP contribution >= 0.6 is 0 Å². The van der Waals surface area contributed by atoms with Gasteiger partial charge in [0.1, 0.15) is 5.41 Å². The van der Waals surface area contributed by atoms with E-state index in [1.807, 2.05) is 13.8 Å². The average Bonchev–Trinajstić information content (AvgIpc) is 2.25. The van der Waals surface area contributed by atoms with Crippen LogP contribution in [0.1, 0.15) is 27.7 Å². The van der Waals surface area contributed by atoms with E-state index >= 15 is 0 Å². The molecule has 1 aliphatic heterocycles. The molecule has 1 saturated heterocycles. The molecule has 1 N–H and O–H groups in total. The first-order chi connectivity index (χ1) is 8.26. The van der Waals surface area contributed by atoms with Crippen LogP contribution in [-0.4, -0.2) is 42.5 Å². The molecule has 0 unspecified atom stereocenters. The minimum atomic E-state index is -1.20. The fourth-order valence-corrected chi connectivity index (χ4v) is 1.53. The minimum absolute atomic E-state index is 0.161. The molecule has 0 aromatic carbocycles. The van der Waals surface area contributed by atoms with Gasteiger partial charge in [-0.3, -0.25) is 19.8 Å². The molecule has 1 rings (SSSR count). The van der Waals surface area contributed by atoms with Gasteiger partial charge < -0.3 is 4.74 Å². The number of urea groups is 1. The van der Waals surface area contributed by atoms with Crippen molar-refractivity contribution in [2.24, 2.45) is 11.3 Å². The van der Waals surface area contributed by atoms with Crippen LogP contribution in [0.2, 0.25) is 0 Å². The molecule has 0 saturated carbocycles. The number of ether oxygens (including phenoxy) is 1. The molecule has 0 aliphatic carbocycles. The summed E-state index contributed by atoms with van der Waals surface area (Å²) in [6, 6.07) is -0.669. The number of amides is 4. The lowest BCUT2D eigenvalue weighted by molar-refractivity contribution is -0.149. The lowest BCUT2D eigenvalue weighted by atomic mass is 9.89. The van der Waals surface area contributed by atoms with Crippen LogP contribution in [0, 0.1) is 11.3 Å². The van der Waals surface area contributed by atoms with Gasteiger partial charge in [0.15, 0.2) is 0 Å². The molecule has 0 aromatic rings. The van der Waals surface area contributed by atoms with E-state index < -0.39 is 23.3 Å². The van der Waals surface area contributed by atoms with Crippen LogP contribution in [0.4, 0.5) is 4.79 Å². The zero-order chi connectivity index (χ0) is 13.9. The molecule has 0 spiro atoms. The Kier molecular flexibility index (Phi) is 4.45. The van der Waals surface area contributed by atoms with Gasteiger partial charge in [0, 0.05) is 6.61 Å². The fraction of sp³-hybridized carbons (Fsp3) is 0.750. The van der Waals surface area contributed by atoms with E-state index in [0.29, 0.717) is 12.5 Å². The Morgan fingerprint density at radius 3 is 2.44 bits per heavy atom. The number of carbonyl (C=O) groups excluding carboxylic acids is 3. The average molecular weight is 256 g/mol. The van der Waals surface area contributed by atoms with Crippen molar-refractivity contribution in [2.75, 3.05) is 19.8 Å². The maximum atomic E-state index is 12.0. The third-order valence-corrected chi connectivity index (χ3v) is 2.72. The molecule has 6 nitrogen and oxygen atoms in total. The highest BCUT2D eigenvalue weighted by molar-refractivity contribution is 6.18. The number of carbonyl (C=O) groups is 3. The van der Waals surface area contributed by atoms with Crippen molar-refractivity contribution in [1.82, 2.24) is 10.2 Å². The molecule has 102 valence electrons. The summed E-state index contributed by atoms with van der Waals surface area (Å²) in [7, 11) is 0. The number of barbiturate groups is 1. The maximum Gasteiger partial charge on any atom is 0.330 e. The zero-order valence-electron chi connectivity index (χ0n) is 11.3. The second-order valence-corrected chi connectivity index (χ2v) is 5.31. The summed E-state index contributed by atoms with van der Waals surface area (Å²) < 4.78 is 5.33. The first-order valence-electron chi connectivity index (χ1n) is 6.02. The van der Waals surface area contributed by atoms with Gasteiger partial charge in [0.2, 0.25) is 11.8 Å². The lowest BCUT2D eigenvalue weighted by Crippen LogP contribution is -2.62. The fourth-order valence-electron chi connectivity index (χ4n) is 1.53. The van der Waals surface area contributed by atoms with Gasteiger partial charge in [0.05, 0.1) is 13.2 Å². The maximum absolute atomic E-state index is 12.0. The highest BCUT2D eigenvalue weighted by Crippen LogP contribution is 2.22. The van der Waals surface area contributed by atoms with Crippen LogP contribution in [0.5, 0.6) is 0 Å². The van der Waals surface area contributed by atoms with Gasteiger partial charge in [-0.2, -0.15) is 0 Å². The number of imide groups is 2. The molecule has 18 heavy (non-hydrogen) atoms. The van der Waals surface area contributed by atoms with Gasteiger partial charge >= 0.3 is 6.03 Å². The van der Waals surface area contributed by atoms with Crippen molar-refractivity contribution in [3.8, 4) is 0 Å². The molecule has 0 bridgehead atoms. The summed E-state index contributed by atoms with van der Waals surface area (Å²) in [6.45, 7) is 8.04. The van der Waals surface area contributed by atoms with Crippen molar-refractivity contribution in [1.29, 1.82) is 0 Å². The van der Waals surface area contributed by atoms with E-state index in [1.165, 1.54) is 13.8 Å². The molecule has 1 heterocycles. The van der Waals surface area contributed by atoms with Crippen molar-refractivity contribution in [3.05, 3.63) is 0 Å². The predicted octanol–water partition coefficient (Wildman–Crippen LogP) is 0.764. The molecule has 0 radical (unpaired) electrons. The predicted molar refractivity (Wildman–Crippen MR) is 64.7 cm³/mol. The summed E-state index contributed by atoms with van der Waals surface area (Å²) in [6.07, 6.45) is 0. The third kappa shape index (κ3) is 3.07. The standard InChI is InChI=1S/C12H20N2O4/c1-8(2)7-18-6-5-14-10(16)12(3,4)9(15)13-11(14)17/h8H,5-7H2,1-4H3,(H,13,15,17). The van der Waals surface area contributed by atoms with Gasteiger partial charge in [-0.05, 0) is 19.8 Å².